The zero-order chi connectivity index (χ0) is 16.7. The van der Waals surface area contributed by atoms with E-state index in [-0.39, 0.29) is 11.7 Å². The molecule has 124 valence electrons. The van der Waals surface area contributed by atoms with Crippen molar-refractivity contribution in [2.45, 2.75) is 31.8 Å². The Hall–Kier alpha value is -2.09. The molecule has 0 aliphatic heterocycles. The summed E-state index contributed by atoms with van der Waals surface area (Å²) in [6.45, 7) is 5.59. The van der Waals surface area contributed by atoms with Gasteiger partial charge in [0.1, 0.15) is 5.75 Å². The van der Waals surface area contributed by atoms with E-state index < -0.39 is 0 Å². The molecule has 0 spiro atoms. The number of rotatable bonds is 8. The monoisotopic (exact) mass is 335 g/mol. The van der Waals surface area contributed by atoms with Crippen molar-refractivity contribution in [1.82, 2.24) is 25.1 Å². The number of tetrazole rings is 1. The summed E-state index contributed by atoms with van der Waals surface area (Å²) < 4.78 is 1.56. The Morgan fingerprint density at radius 1 is 1.30 bits per heavy atom. The number of benzene rings is 1. The number of thioether (sulfide) groups is 1. The second kappa shape index (κ2) is 8.52. The highest BCUT2D eigenvalue weighted by Gasteiger charge is 2.15. The maximum atomic E-state index is 12.3. The van der Waals surface area contributed by atoms with Crippen LogP contribution in [-0.2, 0) is 4.79 Å². The maximum Gasteiger partial charge on any atom is 0.233 e. The average molecular weight is 335 g/mol. The first-order valence-corrected chi connectivity index (χ1v) is 8.62. The smallest absolute Gasteiger partial charge is 0.233 e. The van der Waals surface area contributed by atoms with Crippen LogP contribution in [0.1, 0.15) is 26.7 Å². The molecule has 1 aromatic heterocycles. The lowest BCUT2D eigenvalue weighted by molar-refractivity contribution is -0.128. The number of hydrogen-bond acceptors (Lipinski definition) is 6. The highest BCUT2D eigenvalue weighted by atomic mass is 32.2. The number of amides is 1. The van der Waals surface area contributed by atoms with E-state index in [0.717, 1.165) is 25.1 Å². The van der Waals surface area contributed by atoms with Gasteiger partial charge in [-0.05, 0) is 48.0 Å². The number of phenolic OH excluding ortho intramolecular Hbond substituents is 1. The van der Waals surface area contributed by atoms with Crippen molar-refractivity contribution in [2.75, 3.05) is 18.8 Å². The molecule has 1 aromatic carbocycles. The fraction of sp³-hybridized carbons (Fsp3) is 0.467. The Balaban J connectivity index is 2.00. The summed E-state index contributed by atoms with van der Waals surface area (Å²) in [7, 11) is 0. The van der Waals surface area contributed by atoms with Gasteiger partial charge in [0.15, 0.2) is 0 Å². The Kier molecular flexibility index (Phi) is 6.40. The van der Waals surface area contributed by atoms with Crippen LogP contribution in [-0.4, -0.2) is 55.0 Å². The van der Waals surface area contributed by atoms with Crippen molar-refractivity contribution in [1.29, 1.82) is 0 Å². The Labute approximate surface area is 139 Å². The lowest BCUT2D eigenvalue weighted by atomic mass is 10.3. The number of aromatic hydroxyl groups is 1. The van der Waals surface area contributed by atoms with Crippen LogP contribution in [0.5, 0.6) is 5.75 Å². The van der Waals surface area contributed by atoms with Crippen molar-refractivity contribution in [3.05, 3.63) is 24.3 Å². The van der Waals surface area contributed by atoms with E-state index in [0.29, 0.717) is 17.5 Å². The van der Waals surface area contributed by atoms with Crippen molar-refractivity contribution >= 4 is 17.7 Å². The second-order valence-electron chi connectivity index (χ2n) is 5.01. The van der Waals surface area contributed by atoms with Gasteiger partial charge in [-0.1, -0.05) is 25.1 Å². The van der Waals surface area contributed by atoms with Crippen LogP contribution in [0.4, 0.5) is 0 Å². The molecule has 0 radical (unpaired) electrons. The zero-order valence-corrected chi connectivity index (χ0v) is 14.2. The summed E-state index contributed by atoms with van der Waals surface area (Å²) in [5.41, 5.74) is 0.737. The standard InChI is InChI=1S/C15H21N5O2S/c1-3-5-10-19(4-2)14(22)11-23-15-16-17-18-20(15)12-6-8-13(21)9-7-12/h6-9,21H,3-5,10-11H2,1-2H3. The molecule has 1 heterocycles. The van der Waals surface area contributed by atoms with Crippen molar-refractivity contribution in [2.24, 2.45) is 0 Å². The predicted octanol–water partition coefficient (Wildman–Crippen LogP) is 2.11. The van der Waals surface area contributed by atoms with Gasteiger partial charge >= 0.3 is 0 Å². The third-order valence-corrected chi connectivity index (χ3v) is 4.28. The molecule has 0 atom stereocenters. The molecular formula is C15H21N5O2S. The summed E-state index contributed by atoms with van der Waals surface area (Å²) in [6, 6.07) is 6.58. The molecule has 2 aromatic rings. The molecule has 0 aliphatic carbocycles. The molecule has 0 bridgehead atoms. The molecule has 8 heteroatoms. The number of aromatic nitrogens is 4. The third-order valence-electron chi connectivity index (χ3n) is 3.38. The van der Waals surface area contributed by atoms with E-state index in [4.69, 9.17) is 0 Å². The van der Waals surface area contributed by atoms with E-state index >= 15 is 0 Å². The molecule has 23 heavy (non-hydrogen) atoms. The van der Waals surface area contributed by atoms with Gasteiger partial charge in [0.05, 0.1) is 11.4 Å². The minimum absolute atomic E-state index is 0.0891. The van der Waals surface area contributed by atoms with Crippen LogP contribution in [0.25, 0.3) is 5.69 Å². The largest absolute Gasteiger partial charge is 0.508 e. The minimum Gasteiger partial charge on any atom is -0.508 e. The predicted molar refractivity (Wildman–Crippen MR) is 88.7 cm³/mol. The molecule has 0 unspecified atom stereocenters. The van der Waals surface area contributed by atoms with Gasteiger partial charge in [-0.2, -0.15) is 4.68 Å². The molecule has 0 aliphatic rings. The fourth-order valence-corrected chi connectivity index (χ4v) is 2.84. The number of nitrogens with zero attached hydrogens (tertiary/aromatic N) is 5. The van der Waals surface area contributed by atoms with Gasteiger partial charge in [-0.15, -0.1) is 5.10 Å². The highest BCUT2D eigenvalue weighted by molar-refractivity contribution is 7.99. The number of carbonyl (C=O) groups excluding carboxylic acids is 1. The quantitative estimate of drug-likeness (QED) is 0.744. The van der Waals surface area contributed by atoms with Crippen LogP contribution < -0.4 is 0 Å². The summed E-state index contributed by atoms with van der Waals surface area (Å²) in [5, 5.41) is 21.5. The van der Waals surface area contributed by atoms with E-state index in [1.165, 1.54) is 11.8 Å². The molecule has 0 saturated heterocycles. The summed E-state index contributed by atoms with van der Waals surface area (Å²) in [5.74, 6) is 0.572. The van der Waals surface area contributed by atoms with Crippen LogP contribution in [0.15, 0.2) is 29.4 Å². The first-order valence-electron chi connectivity index (χ1n) is 7.64. The topological polar surface area (TPSA) is 84.1 Å². The zero-order valence-electron chi connectivity index (χ0n) is 13.3. The Morgan fingerprint density at radius 3 is 2.70 bits per heavy atom. The molecule has 0 saturated carbocycles. The maximum absolute atomic E-state index is 12.3. The minimum atomic E-state index is 0.0891. The highest BCUT2D eigenvalue weighted by Crippen LogP contribution is 2.20. The Bertz CT molecular complexity index is 629. The fourth-order valence-electron chi connectivity index (χ4n) is 2.05. The summed E-state index contributed by atoms with van der Waals surface area (Å²) in [6.07, 6.45) is 2.07. The van der Waals surface area contributed by atoms with E-state index in [9.17, 15) is 9.90 Å². The molecule has 2 rings (SSSR count). The summed E-state index contributed by atoms with van der Waals surface area (Å²) >= 11 is 1.31. The lowest BCUT2D eigenvalue weighted by Crippen LogP contribution is -2.33. The molecular weight excluding hydrogens is 314 g/mol. The number of unbranched alkanes of at least 4 members (excludes halogenated alkanes) is 1. The van der Waals surface area contributed by atoms with Crippen LogP contribution in [0.2, 0.25) is 0 Å². The molecule has 7 nitrogen and oxygen atoms in total. The number of hydrogen-bond donors (Lipinski definition) is 1. The number of carbonyl (C=O) groups is 1. The lowest BCUT2D eigenvalue weighted by Gasteiger charge is -2.20. The van der Waals surface area contributed by atoms with Gasteiger partial charge in [0, 0.05) is 13.1 Å². The Morgan fingerprint density at radius 2 is 2.04 bits per heavy atom. The van der Waals surface area contributed by atoms with Gasteiger partial charge in [0.25, 0.3) is 0 Å². The summed E-state index contributed by atoms with van der Waals surface area (Å²) in [4.78, 5) is 14.1. The van der Waals surface area contributed by atoms with Crippen LogP contribution in [0.3, 0.4) is 0 Å². The van der Waals surface area contributed by atoms with Gasteiger partial charge in [-0.25, -0.2) is 0 Å². The van der Waals surface area contributed by atoms with Gasteiger partial charge < -0.3 is 10.0 Å². The van der Waals surface area contributed by atoms with Gasteiger partial charge in [-0.3, -0.25) is 4.79 Å². The molecule has 1 N–H and O–H groups in total. The SMILES string of the molecule is CCCCN(CC)C(=O)CSc1nnnn1-c1ccc(O)cc1. The first-order chi connectivity index (χ1) is 11.2. The van der Waals surface area contributed by atoms with E-state index in [1.807, 2.05) is 11.8 Å². The van der Waals surface area contributed by atoms with E-state index in [2.05, 4.69) is 22.4 Å². The van der Waals surface area contributed by atoms with Crippen LogP contribution >= 0.6 is 11.8 Å². The molecule has 1 amide bonds. The van der Waals surface area contributed by atoms with Crippen molar-refractivity contribution in [3.63, 3.8) is 0 Å². The van der Waals surface area contributed by atoms with Crippen LogP contribution in [0, 0.1) is 0 Å². The molecule has 0 fully saturated rings. The average Bonchev–Trinajstić information content (AvgIpc) is 3.03. The van der Waals surface area contributed by atoms with E-state index in [1.54, 1.807) is 28.9 Å². The van der Waals surface area contributed by atoms with Gasteiger partial charge in [0.2, 0.25) is 11.1 Å². The van der Waals surface area contributed by atoms with Crippen molar-refractivity contribution < 1.29 is 9.90 Å². The normalized spacial score (nSPS) is 10.7. The third kappa shape index (κ3) is 4.69. The van der Waals surface area contributed by atoms with Crippen molar-refractivity contribution in [3.8, 4) is 11.4 Å². The number of phenols is 1. The first kappa shape index (κ1) is 17.3. The second-order valence-corrected chi connectivity index (χ2v) is 5.95.